The van der Waals surface area contributed by atoms with Crippen molar-refractivity contribution in [2.45, 2.75) is 26.2 Å². The Balaban J connectivity index is 2.31. The fraction of sp³-hybridized carbons (Fsp3) is 0.500. The molecule has 1 saturated heterocycles. The number of nitrogens with zero attached hydrogens (tertiary/aromatic N) is 1. The zero-order valence-corrected chi connectivity index (χ0v) is 14.9. The average Bonchev–Trinajstić information content (AvgIpc) is 2.56. The summed E-state index contributed by atoms with van der Waals surface area (Å²) in [5, 5.41) is 0. The van der Waals surface area contributed by atoms with Crippen LogP contribution < -0.4 is 0 Å². The van der Waals surface area contributed by atoms with Crippen molar-refractivity contribution in [3.63, 3.8) is 0 Å². The molecule has 6 heteroatoms. The van der Waals surface area contributed by atoms with E-state index in [0.717, 1.165) is 5.56 Å². The van der Waals surface area contributed by atoms with Gasteiger partial charge in [0.2, 0.25) is 10.0 Å². The number of sulfonamides is 1. The van der Waals surface area contributed by atoms with Crippen molar-refractivity contribution in [1.82, 2.24) is 4.31 Å². The molecule has 1 heterocycles. The van der Waals surface area contributed by atoms with Crippen molar-refractivity contribution in [1.29, 1.82) is 0 Å². The SMILES string of the molecule is C=CCS(=O)(=O)N1CCC[C@](Cc2ccccc2)(C(=O)OCC)C1. The summed E-state index contributed by atoms with van der Waals surface area (Å²) in [6.45, 7) is 6.17. The zero-order valence-electron chi connectivity index (χ0n) is 14.1. The van der Waals surface area contributed by atoms with Crippen LogP contribution in [0.2, 0.25) is 0 Å². The number of carbonyl (C=O) groups excluding carboxylic acids is 1. The second-order valence-electron chi connectivity index (χ2n) is 6.17. The number of benzene rings is 1. The van der Waals surface area contributed by atoms with Gasteiger partial charge in [0.25, 0.3) is 0 Å². The first-order valence-electron chi connectivity index (χ1n) is 8.23. The Hall–Kier alpha value is -1.66. The summed E-state index contributed by atoms with van der Waals surface area (Å²) in [7, 11) is -3.44. The van der Waals surface area contributed by atoms with Gasteiger partial charge in [-0.25, -0.2) is 12.7 Å². The Labute approximate surface area is 144 Å². The van der Waals surface area contributed by atoms with Gasteiger partial charge >= 0.3 is 5.97 Å². The number of ether oxygens (including phenoxy) is 1. The molecule has 0 unspecified atom stereocenters. The number of piperidine rings is 1. The van der Waals surface area contributed by atoms with E-state index in [-0.39, 0.29) is 24.9 Å². The minimum atomic E-state index is -3.44. The molecule has 1 aliphatic heterocycles. The van der Waals surface area contributed by atoms with Gasteiger partial charge in [-0.2, -0.15) is 0 Å². The highest BCUT2D eigenvalue weighted by Gasteiger charge is 2.46. The number of hydrogen-bond acceptors (Lipinski definition) is 4. The molecule has 24 heavy (non-hydrogen) atoms. The van der Waals surface area contributed by atoms with Gasteiger partial charge in [0.05, 0.1) is 17.8 Å². The summed E-state index contributed by atoms with van der Waals surface area (Å²) in [6.07, 6.45) is 3.13. The van der Waals surface area contributed by atoms with E-state index < -0.39 is 15.4 Å². The number of hydrogen-bond donors (Lipinski definition) is 0. The number of rotatable bonds is 7. The monoisotopic (exact) mass is 351 g/mol. The second-order valence-corrected chi connectivity index (χ2v) is 8.18. The molecule has 0 saturated carbocycles. The summed E-state index contributed by atoms with van der Waals surface area (Å²) in [6, 6.07) is 9.67. The van der Waals surface area contributed by atoms with Gasteiger partial charge in [0, 0.05) is 13.1 Å². The molecule has 1 atom stereocenters. The van der Waals surface area contributed by atoms with Gasteiger partial charge in [-0.15, -0.1) is 6.58 Å². The molecule has 1 aromatic rings. The lowest BCUT2D eigenvalue weighted by atomic mass is 9.75. The highest BCUT2D eigenvalue weighted by atomic mass is 32.2. The van der Waals surface area contributed by atoms with Crippen molar-refractivity contribution in [2.24, 2.45) is 5.41 Å². The molecule has 0 spiro atoms. The maximum absolute atomic E-state index is 12.7. The van der Waals surface area contributed by atoms with Gasteiger partial charge in [-0.3, -0.25) is 4.79 Å². The van der Waals surface area contributed by atoms with Crippen molar-refractivity contribution >= 4 is 16.0 Å². The molecular weight excluding hydrogens is 326 g/mol. The van der Waals surface area contributed by atoms with Gasteiger partial charge in [0.15, 0.2) is 0 Å². The fourth-order valence-electron chi connectivity index (χ4n) is 3.24. The van der Waals surface area contributed by atoms with E-state index in [4.69, 9.17) is 4.74 Å². The molecular formula is C18H25NO4S. The normalized spacial score (nSPS) is 22.0. The minimum Gasteiger partial charge on any atom is -0.466 e. The molecule has 2 rings (SSSR count). The van der Waals surface area contributed by atoms with E-state index in [1.165, 1.54) is 10.4 Å². The number of carbonyl (C=O) groups is 1. The van der Waals surface area contributed by atoms with Crippen LogP contribution in [-0.4, -0.2) is 44.1 Å². The van der Waals surface area contributed by atoms with E-state index in [2.05, 4.69) is 6.58 Å². The van der Waals surface area contributed by atoms with Crippen LogP contribution in [0, 0.1) is 5.41 Å². The summed E-state index contributed by atoms with van der Waals surface area (Å²) in [5.41, 5.74) is 0.178. The Morgan fingerprint density at radius 3 is 2.71 bits per heavy atom. The van der Waals surface area contributed by atoms with Crippen LogP contribution in [0.15, 0.2) is 43.0 Å². The predicted molar refractivity (Wildman–Crippen MR) is 94.0 cm³/mol. The summed E-state index contributed by atoms with van der Waals surface area (Å²) < 4.78 is 31.5. The molecule has 5 nitrogen and oxygen atoms in total. The summed E-state index contributed by atoms with van der Waals surface area (Å²) in [5.74, 6) is -0.426. The third-order valence-electron chi connectivity index (χ3n) is 4.36. The van der Waals surface area contributed by atoms with Gasteiger partial charge in [-0.1, -0.05) is 36.4 Å². The lowest BCUT2D eigenvalue weighted by Gasteiger charge is -2.40. The van der Waals surface area contributed by atoms with Crippen LogP contribution in [0.1, 0.15) is 25.3 Å². The summed E-state index contributed by atoms with van der Waals surface area (Å²) >= 11 is 0. The Bertz CT molecular complexity index is 672. The topological polar surface area (TPSA) is 63.7 Å². The lowest BCUT2D eigenvalue weighted by Crippen LogP contribution is -2.52. The molecule has 0 bridgehead atoms. The van der Waals surface area contributed by atoms with Crippen molar-refractivity contribution in [2.75, 3.05) is 25.4 Å². The maximum atomic E-state index is 12.7. The van der Waals surface area contributed by atoms with E-state index >= 15 is 0 Å². The molecule has 0 aliphatic carbocycles. The van der Waals surface area contributed by atoms with Crippen LogP contribution in [0.25, 0.3) is 0 Å². The first-order valence-corrected chi connectivity index (χ1v) is 9.84. The van der Waals surface area contributed by atoms with Crippen LogP contribution in [0.3, 0.4) is 0 Å². The van der Waals surface area contributed by atoms with Gasteiger partial charge in [0.1, 0.15) is 0 Å². The zero-order chi connectivity index (χ0) is 17.6. The number of esters is 1. The summed E-state index contributed by atoms with van der Waals surface area (Å²) in [4.78, 5) is 12.7. The quantitative estimate of drug-likeness (QED) is 0.559. The molecule has 1 fully saturated rings. The minimum absolute atomic E-state index is 0.114. The van der Waals surface area contributed by atoms with Crippen LogP contribution >= 0.6 is 0 Å². The van der Waals surface area contributed by atoms with Crippen LogP contribution in [-0.2, 0) is 26.0 Å². The first kappa shape index (κ1) is 18.7. The standard InChI is InChI=1S/C18H25NO4S/c1-3-13-24(21,22)19-12-8-11-18(15-19,17(20)23-4-2)14-16-9-6-5-7-10-16/h3,5-7,9-10H,1,4,8,11-15H2,2H3/t18-/m1/s1. The van der Waals surface area contributed by atoms with Gasteiger partial charge in [-0.05, 0) is 31.7 Å². The highest BCUT2D eigenvalue weighted by molar-refractivity contribution is 7.89. The van der Waals surface area contributed by atoms with E-state index in [0.29, 0.717) is 25.8 Å². The van der Waals surface area contributed by atoms with Crippen LogP contribution in [0.5, 0.6) is 0 Å². The second kappa shape index (κ2) is 7.94. The van der Waals surface area contributed by atoms with Crippen molar-refractivity contribution in [3.05, 3.63) is 48.6 Å². The molecule has 1 aliphatic rings. The van der Waals surface area contributed by atoms with Crippen LogP contribution in [0.4, 0.5) is 0 Å². The molecule has 132 valence electrons. The first-order chi connectivity index (χ1) is 11.4. The Kier molecular flexibility index (Phi) is 6.18. The molecule has 0 radical (unpaired) electrons. The lowest BCUT2D eigenvalue weighted by molar-refractivity contribution is -0.157. The largest absolute Gasteiger partial charge is 0.466 e. The maximum Gasteiger partial charge on any atom is 0.313 e. The van der Waals surface area contributed by atoms with E-state index in [9.17, 15) is 13.2 Å². The van der Waals surface area contributed by atoms with Gasteiger partial charge < -0.3 is 4.74 Å². The molecule has 0 N–H and O–H groups in total. The molecule has 0 amide bonds. The fourth-order valence-corrected chi connectivity index (χ4v) is 4.59. The smallest absolute Gasteiger partial charge is 0.313 e. The van der Waals surface area contributed by atoms with E-state index in [1.807, 2.05) is 30.3 Å². The average molecular weight is 351 g/mol. The molecule has 1 aromatic carbocycles. The van der Waals surface area contributed by atoms with E-state index in [1.54, 1.807) is 6.92 Å². The third kappa shape index (κ3) is 4.24. The van der Waals surface area contributed by atoms with Crippen molar-refractivity contribution in [3.8, 4) is 0 Å². The predicted octanol–water partition coefficient (Wildman–Crippen LogP) is 2.39. The highest BCUT2D eigenvalue weighted by Crippen LogP contribution is 2.36. The Morgan fingerprint density at radius 2 is 2.08 bits per heavy atom. The Morgan fingerprint density at radius 1 is 1.38 bits per heavy atom. The third-order valence-corrected chi connectivity index (χ3v) is 6.11. The molecule has 0 aromatic heterocycles. The van der Waals surface area contributed by atoms with Crippen molar-refractivity contribution < 1.29 is 17.9 Å².